The number of amides is 1. The highest BCUT2D eigenvalue weighted by Gasteiger charge is 2.27. The topological polar surface area (TPSA) is 132 Å². The zero-order chi connectivity index (χ0) is 24.5. The number of hydrogen-bond donors (Lipinski definition) is 2. The Morgan fingerprint density at radius 3 is 2.50 bits per heavy atom. The summed E-state index contributed by atoms with van der Waals surface area (Å²) in [5.74, 6) is -0.568. The van der Waals surface area contributed by atoms with Crippen LogP contribution in [-0.2, 0) is 35.3 Å². The van der Waals surface area contributed by atoms with Crippen LogP contribution in [0, 0.1) is 0 Å². The van der Waals surface area contributed by atoms with Crippen molar-refractivity contribution in [3.05, 3.63) is 86.5 Å². The van der Waals surface area contributed by atoms with Crippen molar-refractivity contribution in [1.29, 1.82) is 0 Å². The monoisotopic (exact) mass is 499 g/mol. The normalized spacial score (nSPS) is 12.5. The van der Waals surface area contributed by atoms with Gasteiger partial charge in [0.1, 0.15) is 6.04 Å². The molecule has 1 unspecified atom stereocenters. The van der Waals surface area contributed by atoms with E-state index < -0.39 is 33.2 Å². The molecule has 4 aromatic rings. The van der Waals surface area contributed by atoms with Crippen molar-refractivity contribution in [2.24, 2.45) is 14.1 Å². The number of aromatic nitrogens is 3. The number of hydrogen-bond acceptors (Lipinski definition) is 7. The number of benzene rings is 2. The second-order valence-corrected chi connectivity index (χ2v) is 10.2. The zero-order valence-corrected chi connectivity index (χ0v) is 19.9. The summed E-state index contributed by atoms with van der Waals surface area (Å²) < 4.78 is 31.1. The van der Waals surface area contributed by atoms with Gasteiger partial charge in [0, 0.05) is 25.7 Å². The summed E-state index contributed by atoms with van der Waals surface area (Å²) in [7, 11) is -1.39. The Bertz CT molecular complexity index is 1580. The van der Waals surface area contributed by atoms with Crippen LogP contribution in [0.25, 0.3) is 10.9 Å². The van der Waals surface area contributed by atoms with E-state index in [1.807, 2.05) is 6.07 Å². The molecule has 4 rings (SSSR count). The van der Waals surface area contributed by atoms with Gasteiger partial charge in [0.25, 0.3) is 5.56 Å². The van der Waals surface area contributed by atoms with Crippen molar-refractivity contribution in [3.8, 4) is 0 Å². The van der Waals surface area contributed by atoms with Crippen molar-refractivity contribution < 1.29 is 13.2 Å². The number of anilines is 1. The lowest BCUT2D eigenvalue weighted by Gasteiger charge is -2.18. The quantitative estimate of drug-likeness (QED) is 0.393. The van der Waals surface area contributed by atoms with Crippen LogP contribution >= 0.6 is 11.3 Å². The van der Waals surface area contributed by atoms with Gasteiger partial charge in [0.05, 0.1) is 15.8 Å². The highest BCUT2D eigenvalue weighted by Crippen LogP contribution is 2.18. The Balaban J connectivity index is 1.71. The summed E-state index contributed by atoms with van der Waals surface area (Å²) in [5.41, 5.74) is -0.0771. The average molecular weight is 500 g/mol. The molecule has 2 aromatic carbocycles. The smallest absolute Gasteiger partial charge is 0.301 e. The van der Waals surface area contributed by atoms with E-state index >= 15 is 0 Å². The highest BCUT2D eigenvalue weighted by atomic mass is 32.2. The molecule has 0 radical (unpaired) electrons. The van der Waals surface area contributed by atoms with Gasteiger partial charge in [-0.2, -0.15) is 4.72 Å². The Kier molecular flexibility index (Phi) is 6.46. The lowest BCUT2D eigenvalue weighted by atomic mass is 10.1. The van der Waals surface area contributed by atoms with Crippen molar-refractivity contribution in [1.82, 2.24) is 18.8 Å². The van der Waals surface area contributed by atoms with Crippen molar-refractivity contribution in [3.63, 3.8) is 0 Å². The molecule has 0 aliphatic rings. The molecule has 0 spiro atoms. The number of nitrogens with one attached hydrogen (secondary N) is 2. The Labute approximate surface area is 198 Å². The Hall–Kier alpha value is -3.61. The summed E-state index contributed by atoms with van der Waals surface area (Å²) >= 11 is 1.21. The second-order valence-electron chi connectivity index (χ2n) is 7.57. The number of thiazole rings is 1. The van der Waals surface area contributed by atoms with Crippen molar-refractivity contribution in [2.45, 2.75) is 17.4 Å². The second kappa shape index (κ2) is 9.33. The molecule has 12 heteroatoms. The van der Waals surface area contributed by atoms with Gasteiger partial charge in [-0.3, -0.25) is 18.7 Å². The van der Waals surface area contributed by atoms with Gasteiger partial charge < -0.3 is 5.32 Å². The lowest BCUT2D eigenvalue weighted by Crippen LogP contribution is -2.45. The first kappa shape index (κ1) is 23.5. The number of nitrogens with zero attached hydrogens (tertiary/aromatic N) is 3. The largest absolute Gasteiger partial charge is 0.330 e. The van der Waals surface area contributed by atoms with E-state index in [0.29, 0.717) is 10.6 Å². The average Bonchev–Trinajstić information content (AvgIpc) is 3.34. The first-order chi connectivity index (χ1) is 16.2. The van der Waals surface area contributed by atoms with E-state index in [1.165, 1.54) is 54.4 Å². The molecule has 2 N–H and O–H groups in total. The number of carbonyl (C=O) groups is 1. The maximum absolute atomic E-state index is 13.2. The van der Waals surface area contributed by atoms with Crippen LogP contribution in [0.2, 0.25) is 0 Å². The summed E-state index contributed by atoms with van der Waals surface area (Å²) in [6.07, 6.45) is 1.63. The molecule has 0 aliphatic carbocycles. The molecule has 0 bridgehead atoms. The van der Waals surface area contributed by atoms with Crippen LogP contribution in [-0.4, -0.2) is 34.5 Å². The molecule has 1 atom stereocenters. The van der Waals surface area contributed by atoms with Gasteiger partial charge in [-0.15, -0.1) is 11.3 Å². The van der Waals surface area contributed by atoms with Gasteiger partial charge in [-0.25, -0.2) is 18.2 Å². The molecule has 2 aromatic heterocycles. The summed E-state index contributed by atoms with van der Waals surface area (Å²) in [4.78, 5) is 41.5. The molecule has 10 nitrogen and oxygen atoms in total. The van der Waals surface area contributed by atoms with Crippen LogP contribution in [0.4, 0.5) is 5.13 Å². The minimum absolute atomic E-state index is 0.0688. The molecule has 1 amide bonds. The fraction of sp³-hybridized carbons (Fsp3) is 0.182. The molecule has 176 valence electrons. The van der Waals surface area contributed by atoms with E-state index in [9.17, 15) is 22.8 Å². The fourth-order valence-corrected chi connectivity index (χ4v) is 5.27. The summed E-state index contributed by atoms with van der Waals surface area (Å²) in [6, 6.07) is 11.7. The first-order valence-corrected chi connectivity index (χ1v) is 12.5. The van der Waals surface area contributed by atoms with Gasteiger partial charge in [0.2, 0.25) is 15.9 Å². The third-order valence-electron chi connectivity index (χ3n) is 5.31. The third kappa shape index (κ3) is 4.69. The van der Waals surface area contributed by atoms with Crippen molar-refractivity contribution >= 4 is 43.3 Å². The molecule has 2 heterocycles. The molecule has 0 saturated heterocycles. The predicted molar refractivity (Wildman–Crippen MR) is 129 cm³/mol. The van der Waals surface area contributed by atoms with Gasteiger partial charge in [-0.05, 0) is 30.2 Å². The zero-order valence-electron chi connectivity index (χ0n) is 18.3. The molecule has 0 saturated carbocycles. The number of sulfonamides is 1. The summed E-state index contributed by atoms with van der Waals surface area (Å²) in [5, 5.41) is 4.73. The molecular formula is C22H21N5O5S2. The standard InChI is InChI=1S/C22H21N5O5S2/c1-26-18-9-8-15(13-16(18)20(29)27(2)22(26)30)34(31,32)25-17(12-14-6-4-3-5-7-14)19(28)24-21-23-10-11-33-21/h3-11,13,17,25H,12H2,1-2H3,(H,23,24,28). The highest BCUT2D eigenvalue weighted by molar-refractivity contribution is 7.89. The van der Waals surface area contributed by atoms with E-state index in [0.717, 1.165) is 10.1 Å². The van der Waals surface area contributed by atoms with Crippen LogP contribution in [0.5, 0.6) is 0 Å². The maximum atomic E-state index is 13.2. The molecular weight excluding hydrogens is 478 g/mol. The van der Waals surface area contributed by atoms with E-state index in [4.69, 9.17) is 0 Å². The maximum Gasteiger partial charge on any atom is 0.330 e. The minimum Gasteiger partial charge on any atom is -0.301 e. The van der Waals surface area contributed by atoms with Crippen LogP contribution in [0.15, 0.2) is 74.6 Å². The minimum atomic E-state index is -4.21. The number of fused-ring (bicyclic) bond motifs is 1. The Morgan fingerprint density at radius 1 is 1.09 bits per heavy atom. The first-order valence-electron chi connectivity index (χ1n) is 10.1. The number of aryl methyl sites for hydroxylation is 1. The molecule has 0 aliphatic heterocycles. The van der Waals surface area contributed by atoms with E-state index in [1.54, 1.807) is 29.6 Å². The van der Waals surface area contributed by atoms with Gasteiger partial charge >= 0.3 is 5.69 Å². The number of rotatable bonds is 7. The molecule has 0 fully saturated rings. The van der Waals surface area contributed by atoms with E-state index in [-0.39, 0.29) is 16.7 Å². The van der Waals surface area contributed by atoms with Crippen LogP contribution < -0.4 is 21.3 Å². The Morgan fingerprint density at radius 2 is 1.82 bits per heavy atom. The van der Waals surface area contributed by atoms with Crippen LogP contribution in [0.1, 0.15) is 5.56 Å². The van der Waals surface area contributed by atoms with Gasteiger partial charge in [-0.1, -0.05) is 30.3 Å². The predicted octanol–water partition coefficient (Wildman–Crippen LogP) is 1.22. The van der Waals surface area contributed by atoms with Crippen molar-refractivity contribution in [2.75, 3.05) is 5.32 Å². The van der Waals surface area contributed by atoms with E-state index in [2.05, 4.69) is 15.0 Å². The summed E-state index contributed by atoms with van der Waals surface area (Å²) in [6.45, 7) is 0. The lowest BCUT2D eigenvalue weighted by molar-refractivity contribution is -0.117. The third-order valence-corrected chi connectivity index (χ3v) is 7.47. The van der Waals surface area contributed by atoms with Crippen LogP contribution in [0.3, 0.4) is 0 Å². The van der Waals surface area contributed by atoms with Gasteiger partial charge in [0.15, 0.2) is 5.13 Å². The SMILES string of the molecule is Cn1c(=O)c2cc(S(=O)(=O)NC(Cc3ccccc3)C(=O)Nc3nccs3)ccc2n(C)c1=O. The molecule has 34 heavy (non-hydrogen) atoms. The number of carbonyl (C=O) groups excluding carboxylic acids is 1. The fourth-order valence-electron chi connectivity index (χ4n) is 3.51.